The van der Waals surface area contributed by atoms with Gasteiger partial charge in [0.25, 0.3) is 0 Å². The summed E-state index contributed by atoms with van der Waals surface area (Å²) >= 11 is 0. The van der Waals surface area contributed by atoms with Gasteiger partial charge in [0.2, 0.25) is 0 Å². The number of allylic oxidation sites excluding steroid dienone is 3. The Bertz CT molecular complexity index is 692. The molecular formula is C18H21NO3. The number of nitrogens with one attached hydrogen (secondary N) is 1. The lowest BCUT2D eigenvalue weighted by Crippen LogP contribution is -2.54. The molecule has 0 radical (unpaired) electrons. The summed E-state index contributed by atoms with van der Waals surface area (Å²) < 4.78 is 11.1. The van der Waals surface area contributed by atoms with Crippen molar-refractivity contribution < 1.29 is 14.6 Å². The zero-order valence-electron chi connectivity index (χ0n) is 13.0. The van der Waals surface area contributed by atoms with Crippen LogP contribution in [0.4, 0.5) is 0 Å². The summed E-state index contributed by atoms with van der Waals surface area (Å²) in [7, 11) is 3.36. The van der Waals surface area contributed by atoms with E-state index in [0.717, 1.165) is 37.1 Å². The molecule has 1 heterocycles. The molecule has 1 saturated heterocycles. The molecule has 0 aromatic heterocycles. The summed E-state index contributed by atoms with van der Waals surface area (Å²) in [6.07, 6.45) is 7.04. The van der Waals surface area contributed by atoms with Crippen molar-refractivity contribution in [1.29, 1.82) is 0 Å². The van der Waals surface area contributed by atoms with Crippen LogP contribution in [-0.4, -0.2) is 31.9 Å². The topological polar surface area (TPSA) is 50.7 Å². The fourth-order valence-corrected chi connectivity index (χ4v) is 4.47. The second-order valence-electron chi connectivity index (χ2n) is 6.33. The van der Waals surface area contributed by atoms with Gasteiger partial charge in [0, 0.05) is 23.4 Å². The van der Waals surface area contributed by atoms with Gasteiger partial charge in [0.1, 0.15) is 0 Å². The molecule has 4 rings (SSSR count). The fraction of sp³-hybridized carbons (Fsp3) is 0.444. The molecule has 1 aromatic carbocycles. The zero-order valence-corrected chi connectivity index (χ0v) is 13.0. The van der Waals surface area contributed by atoms with Crippen LogP contribution in [0.1, 0.15) is 24.0 Å². The molecule has 0 saturated carbocycles. The quantitative estimate of drug-likeness (QED) is 0.880. The molecule has 2 aliphatic carbocycles. The highest BCUT2D eigenvalue weighted by molar-refractivity contribution is 5.62. The van der Waals surface area contributed by atoms with Crippen molar-refractivity contribution in [1.82, 2.24) is 5.32 Å². The number of aromatic hydroxyl groups is 1. The summed E-state index contributed by atoms with van der Waals surface area (Å²) in [6, 6.07) is 4.15. The van der Waals surface area contributed by atoms with E-state index in [2.05, 4.69) is 17.5 Å². The van der Waals surface area contributed by atoms with Crippen LogP contribution in [0.15, 0.2) is 35.6 Å². The first-order chi connectivity index (χ1) is 10.7. The van der Waals surface area contributed by atoms with Crippen molar-refractivity contribution in [2.75, 3.05) is 20.8 Å². The number of benzene rings is 1. The summed E-state index contributed by atoms with van der Waals surface area (Å²) in [6.45, 7) is 0.969. The zero-order chi connectivity index (χ0) is 15.3. The van der Waals surface area contributed by atoms with Gasteiger partial charge in [0.05, 0.1) is 20.0 Å². The second kappa shape index (κ2) is 4.78. The monoisotopic (exact) mass is 299 g/mol. The Labute approximate surface area is 130 Å². The van der Waals surface area contributed by atoms with E-state index in [9.17, 15) is 5.11 Å². The van der Waals surface area contributed by atoms with Crippen LogP contribution >= 0.6 is 0 Å². The summed E-state index contributed by atoms with van der Waals surface area (Å²) in [5.41, 5.74) is 3.70. The largest absolute Gasteiger partial charge is 0.504 e. The Morgan fingerprint density at radius 2 is 2.09 bits per heavy atom. The predicted octanol–water partition coefficient (Wildman–Crippen LogP) is 2.42. The maximum absolute atomic E-state index is 10.3. The van der Waals surface area contributed by atoms with Gasteiger partial charge in [-0.1, -0.05) is 12.1 Å². The normalized spacial score (nSPS) is 28.9. The van der Waals surface area contributed by atoms with Gasteiger partial charge in [-0.3, -0.25) is 0 Å². The number of phenols is 1. The smallest absolute Gasteiger partial charge is 0.164 e. The van der Waals surface area contributed by atoms with Gasteiger partial charge in [-0.15, -0.1) is 0 Å². The molecule has 2 bridgehead atoms. The first kappa shape index (κ1) is 13.7. The lowest BCUT2D eigenvalue weighted by Gasteiger charge is -2.51. The first-order valence-electron chi connectivity index (χ1n) is 7.77. The van der Waals surface area contributed by atoms with Crippen molar-refractivity contribution in [3.8, 4) is 11.5 Å². The molecule has 3 aliphatic rings. The Morgan fingerprint density at radius 3 is 2.86 bits per heavy atom. The predicted molar refractivity (Wildman–Crippen MR) is 84.2 cm³/mol. The Morgan fingerprint density at radius 1 is 1.23 bits per heavy atom. The van der Waals surface area contributed by atoms with Crippen molar-refractivity contribution in [3.05, 3.63) is 46.7 Å². The number of ether oxygens (including phenoxy) is 2. The van der Waals surface area contributed by atoms with E-state index < -0.39 is 0 Å². The third-order valence-electron chi connectivity index (χ3n) is 5.39. The number of fused-ring (bicyclic) bond motifs is 1. The highest BCUT2D eigenvalue weighted by atomic mass is 16.5. The van der Waals surface area contributed by atoms with Crippen LogP contribution in [0, 0.1) is 0 Å². The third-order valence-corrected chi connectivity index (χ3v) is 5.39. The molecule has 4 nitrogen and oxygen atoms in total. The Kier molecular flexibility index (Phi) is 2.98. The van der Waals surface area contributed by atoms with Crippen LogP contribution < -0.4 is 10.1 Å². The SMILES string of the molecule is COC1=CC=C2C3Cc4ccc(O)c(OC)c4C2(CCN3)C1. The number of hydrogen-bond acceptors (Lipinski definition) is 4. The Balaban J connectivity index is 1.99. The van der Waals surface area contributed by atoms with Crippen LogP contribution in [-0.2, 0) is 16.6 Å². The Hall–Kier alpha value is -1.94. The van der Waals surface area contributed by atoms with Gasteiger partial charge < -0.3 is 19.9 Å². The van der Waals surface area contributed by atoms with Gasteiger partial charge in [-0.25, -0.2) is 0 Å². The maximum Gasteiger partial charge on any atom is 0.164 e. The maximum atomic E-state index is 10.3. The number of piperidine rings is 1. The molecule has 4 heteroatoms. The molecule has 0 amide bonds. The van der Waals surface area contributed by atoms with E-state index in [1.54, 1.807) is 20.3 Å². The number of rotatable bonds is 2. The molecule has 22 heavy (non-hydrogen) atoms. The molecular weight excluding hydrogens is 278 g/mol. The molecule has 116 valence electrons. The van der Waals surface area contributed by atoms with E-state index >= 15 is 0 Å². The van der Waals surface area contributed by atoms with E-state index in [1.807, 2.05) is 6.07 Å². The average molecular weight is 299 g/mol. The highest BCUT2D eigenvalue weighted by Crippen LogP contribution is 2.55. The van der Waals surface area contributed by atoms with Crippen LogP contribution in [0.5, 0.6) is 11.5 Å². The van der Waals surface area contributed by atoms with Gasteiger partial charge in [-0.05, 0) is 42.7 Å². The number of hydrogen-bond donors (Lipinski definition) is 2. The van der Waals surface area contributed by atoms with E-state index in [1.165, 1.54) is 11.1 Å². The molecule has 1 aromatic rings. The lowest BCUT2D eigenvalue weighted by molar-refractivity contribution is 0.221. The minimum Gasteiger partial charge on any atom is -0.504 e. The lowest BCUT2D eigenvalue weighted by atomic mass is 9.58. The molecule has 2 atom stereocenters. The number of phenolic OH excluding ortho intramolecular Hbond substituents is 1. The second-order valence-corrected chi connectivity index (χ2v) is 6.33. The summed E-state index contributed by atoms with van der Waals surface area (Å²) in [5, 5.41) is 13.9. The van der Waals surface area contributed by atoms with Crippen molar-refractivity contribution >= 4 is 0 Å². The minimum atomic E-state index is -0.117. The van der Waals surface area contributed by atoms with Gasteiger partial charge in [-0.2, -0.15) is 0 Å². The fourth-order valence-electron chi connectivity index (χ4n) is 4.47. The average Bonchev–Trinajstić information content (AvgIpc) is 2.54. The molecule has 1 fully saturated rings. The first-order valence-corrected chi connectivity index (χ1v) is 7.77. The molecule has 0 spiro atoms. The third kappa shape index (κ3) is 1.67. The van der Waals surface area contributed by atoms with E-state index in [0.29, 0.717) is 11.8 Å². The van der Waals surface area contributed by atoms with Crippen LogP contribution in [0.3, 0.4) is 0 Å². The summed E-state index contributed by atoms with van der Waals surface area (Å²) in [5.74, 6) is 1.84. The van der Waals surface area contributed by atoms with Gasteiger partial charge >= 0.3 is 0 Å². The van der Waals surface area contributed by atoms with E-state index in [-0.39, 0.29) is 11.2 Å². The van der Waals surface area contributed by atoms with Crippen LogP contribution in [0.2, 0.25) is 0 Å². The molecule has 2 unspecified atom stereocenters. The van der Waals surface area contributed by atoms with Crippen molar-refractivity contribution in [2.45, 2.75) is 30.7 Å². The van der Waals surface area contributed by atoms with E-state index in [4.69, 9.17) is 9.47 Å². The standard InChI is InChI=1S/C18H21NO3/c1-21-12-4-5-13-14-9-11-3-6-15(20)17(22-2)16(11)18(13,10-12)7-8-19-14/h3-6,14,19-20H,7-10H2,1-2H3. The van der Waals surface area contributed by atoms with Crippen molar-refractivity contribution in [3.63, 3.8) is 0 Å². The minimum absolute atomic E-state index is 0.117. The highest BCUT2D eigenvalue weighted by Gasteiger charge is 2.50. The van der Waals surface area contributed by atoms with Crippen molar-refractivity contribution in [2.24, 2.45) is 0 Å². The van der Waals surface area contributed by atoms with Crippen LogP contribution in [0.25, 0.3) is 0 Å². The van der Waals surface area contributed by atoms with Gasteiger partial charge in [0.15, 0.2) is 11.5 Å². The molecule has 2 N–H and O–H groups in total. The number of methoxy groups -OCH3 is 2. The summed E-state index contributed by atoms with van der Waals surface area (Å²) in [4.78, 5) is 0. The molecule has 1 aliphatic heterocycles.